The van der Waals surface area contributed by atoms with Crippen LogP contribution >= 0.6 is 11.6 Å². The topological polar surface area (TPSA) is 68.6 Å². The fourth-order valence-electron chi connectivity index (χ4n) is 3.81. The number of amides is 1. The van der Waals surface area contributed by atoms with E-state index in [-0.39, 0.29) is 16.9 Å². The first-order valence-electron chi connectivity index (χ1n) is 9.73. The van der Waals surface area contributed by atoms with Crippen LogP contribution in [0, 0.1) is 0 Å². The molecular weight excluding hydrogens is 424 g/mol. The Kier molecular flexibility index (Phi) is 5.51. The fourth-order valence-corrected chi connectivity index (χ4v) is 4.59. The lowest BCUT2D eigenvalue weighted by Gasteiger charge is -2.32. The summed E-state index contributed by atoms with van der Waals surface area (Å²) in [6.07, 6.45) is 2.73. The second kappa shape index (κ2) is 7.96. The van der Waals surface area contributed by atoms with Crippen molar-refractivity contribution >= 4 is 38.2 Å². The van der Waals surface area contributed by atoms with E-state index in [2.05, 4.69) is 0 Å². The summed E-state index contributed by atoms with van der Waals surface area (Å²) >= 11 is 5.91. The van der Waals surface area contributed by atoms with Crippen molar-refractivity contribution in [1.29, 1.82) is 0 Å². The highest BCUT2D eigenvalue weighted by atomic mass is 35.5. The molecule has 1 fully saturated rings. The molecule has 158 valence electrons. The molecule has 0 saturated carbocycles. The van der Waals surface area contributed by atoms with Crippen LogP contribution in [0.2, 0.25) is 5.02 Å². The van der Waals surface area contributed by atoms with Crippen LogP contribution in [-0.2, 0) is 16.9 Å². The number of halogens is 1. The number of hydrogen-bond acceptors (Lipinski definition) is 4. The second-order valence-corrected chi connectivity index (χ2v) is 10.1. The number of ether oxygens (including phenoxy) is 1. The van der Waals surface area contributed by atoms with Crippen molar-refractivity contribution in [1.82, 2.24) is 9.47 Å². The summed E-state index contributed by atoms with van der Waals surface area (Å²) in [7, 11) is -1.47. The highest BCUT2D eigenvalue weighted by molar-refractivity contribution is 7.90. The summed E-state index contributed by atoms with van der Waals surface area (Å²) in [6.45, 7) is 1.21. The summed E-state index contributed by atoms with van der Waals surface area (Å²) in [5, 5.41) is 1.41. The maximum Gasteiger partial charge on any atom is 0.270 e. The Hall–Kier alpha value is -2.51. The number of likely N-dealkylation sites (tertiary alicyclic amines) is 1. The number of carbonyl (C=O) groups excluding carboxylic acids is 1. The molecule has 4 rings (SSSR count). The molecule has 1 aromatic heterocycles. The van der Waals surface area contributed by atoms with Crippen LogP contribution in [0.1, 0.15) is 23.3 Å². The summed E-state index contributed by atoms with van der Waals surface area (Å²) < 4.78 is 31.5. The summed E-state index contributed by atoms with van der Waals surface area (Å²) in [4.78, 5) is 15.2. The maximum atomic E-state index is 13.1. The summed E-state index contributed by atoms with van der Waals surface area (Å²) in [5.41, 5.74) is 1.37. The predicted octanol–water partition coefficient (Wildman–Crippen LogP) is 3.92. The molecule has 30 heavy (non-hydrogen) atoms. The number of hydrogen-bond donors (Lipinski definition) is 0. The van der Waals surface area contributed by atoms with Gasteiger partial charge >= 0.3 is 0 Å². The molecule has 1 aliphatic rings. The van der Waals surface area contributed by atoms with Gasteiger partial charge in [-0.3, -0.25) is 4.79 Å². The van der Waals surface area contributed by atoms with E-state index in [0.29, 0.717) is 23.8 Å². The van der Waals surface area contributed by atoms with Crippen LogP contribution in [0.25, 0.3) is 10.9 Å². The van der Waals surface area contributed by atoms with Crippen molar-refractivity contribution in [2.75, 3.05) is 19.3 Å². The van der Waals surface area contributed by atoms with E-state index in [0.717, 1.165) is 29.5 Å². The van der Waals surface area contributed by atoms with Gasteiger partial charge in [0.25, 0.3) is 5.91 Å². The highest BCUT2D eigenvalue weighted by Crippen LogP contribution is 2.25. The molecule has 0 atom stereocenters. The zero-order valence-electron chi connectivity index (χ0n) is 16.8. The van der Waals surface area contributed by atoms with Gasteiger partial charge in [0.1, 0.15) is 17.5 Å². The Morgan fingerprint density at radius 1 is 1.07 bits per heavy atom. The molecule has 0 radical (unpaired) electrons. The minimum Gasteiger partial charge on any atom is -0.490 e. The van der Waals surface area contributed by atoms with E-state index in [9.17, 15) is 13.2 Å². The number of carbonyl (C=O) groups is 1. The number of piperidine rings is 1. The molecule has 6 nitrogen and oxygen atoms in total. The van der Waals surface area contributed by atoms with Crippen LogP contribution in [-0.4, -0.2) is 49.2 Å². The van der Waals surface area contributed by atoms with Crippen molar-refractivity contribution in [2.45, 2.75) is 23.8 Å². The number of nitrogens with zero attached hydrogens (tertiary/aromatic N) is 2. The third-order valence-corrected chi connectivity index (χ3v) is 6.87. The Bertz CT molecular complexity index is 1190. The number of aromatic nitrogens is 1. The first-order valence-corrected chi connectivity index (χ1v) is 12.0. The quantitative estimate of drug-likeness (QED) is 0.609. The molecule has 1 saturated heterocycles. The van der Waals surface area contributed by atoms with Crippen molar-refractivity contribution in [3.05, 3.63) is 59.2 Å². The monoisotopic (exact) mass is 446 g/mol. The van der Waals surface area contributed by atoms with E-state index in [1.807, 2.05) is 28.6 Å². The van der Waals surface area contributed by atoms with Gasteiger partial charge in [-0.05, 0) is 48.5 Å². The normalized spacial score (nSPS) is 15.5. The van der Waals surface area contributed by atoms with Crippen LogP contribution in [0.5, 0.6) is 5.75 Å². The third-order valence-electron chi connectivity index (χ3n) is 5.51. The lowest BCUT2D eigenvalue weighted by Crippen LogP contribution is -2.42. The molecule has 0 N–H and O–H groups in total. The molecule has 8 heteroatoms. The molecule has 0 spiro atoms. The van der Waals surface area contributed by atoms with Crippen molar-refractivity contribution in [3.63, 3.8) is 0 Å². The third kappa shape index (κ3) is 4.18. The average Bonchev–Trinajstić information content (AvgIpc) is 3.05. The summed E-state index contributed by atoms with van der Waals surface area (Å²) in [6, 6.07) is 14.0. The molecule has 2 aromatic carbocycles. The lowest BCUT2D eigenvalue weighted by molar-refractivity contribution is 0.0587. The SMILES string of the molecule is Cn1c(C(=O)N2CCC(Oc3ccc(Cl)cc3)CC2)cc2cc(S(C)(=O)=O)ccc21. The van der Waals surface area contributed by atoms with Crippen LogP contribution in [0.15, 0.2) is 53.4 Å². The number of fused-ring (bicyclic) bond motifs is 1. The van der Waals surface area contributed by atoms with Gasteiger partial charge in [0, 0.05) is 55.2 Å². The van der Waals surface area contributed by atoms with E-state index < -0.39 is 9.84 Å². The van der Waals surface area contributed by atoms with Gasteiger partial charge in [-0.25, -0.2) is 8.42 Å². The van der Waals surface area contributed by atoms with E-state index in [1.54, 1.807) is 36.4 Å². The minimum absolute atomic E-state index is 0.0556. The molecule has 1 amide bonds. The minimum atomic E-state index is -3.30. The number of sulfone groups is 1. The van der Waals surface area contributed by atoms with Gasteiger partial charge in [-0.1, -0.05) is 11.6 Å². The van der Waals surface area contributed by atoms with Crippen molar-refractivity contribution in [2.24, 2.45) is 7.05 Å². The van der Waals surface area contributed by atoms with Crippen LogP contribution < -0.4 is 4.74 Å². The number of rotatable bonds is 4. The van der Waals surface area contributed by atoms with E-state index in [4.69, 9.17) is 16.3 Å². The van der Waals surface area contributed by atoms with E-state index in [1.165, 1.54) is 6.26 Å². The van der Waals surface area contributed by atoms with Gasteiger partial charge in [-0.2, -0.15) is 0 Å². The standard InChI is InChI=1S/C22H23ClN2O4S/c1-24-20-8-7-19(30(2,27)28)13-15(20)14-21(24)22(26)25-11-9-18(10-12-25)29-17-5-3-16(23)4-6-17/h3-8,13-14,18H,9-12H2,1-2H3. The van der Waals surface area contributed by atoms with Gasteiger partial charge in [0.15, 0.2) is 9.84 Å². The Morgan fingerprint density at radius 2 is 1.73 bits per heavy atom. The summed E-state index contributed by atoms with van der Waals surface area (Å²) in [5.74, 6) is 0.721. The molecule has 2 heterocycles. The number of aryl methyl sites for hydroxylation is 1. The van der Waals surface area contributed by atoms with Crippen molar-refractivity contribution in [3.8, 4) is 5.75 Å². The van der Waals surface area contributed by atoms with Gasteiger partial charge in [0.2, 0.25) is 0 Å². The smallest absolute Gasteiger partial charge is 0.270 e. The average molecular weight is 447 g/mol. The van der Waals surface area contributed by atoms with Gasteiger partial charge in [0.05, 0.1) is 4.90 Å². The predicted molar refractivity (Wildman–Crippen MR) is 117 cm³/mol. The second-order valence-electron chi connectivity index (χ2n) is 7.64. The van der Waals surface area contributed by atoms with Gasteiger partial charge in [-0.15, -0.1) is 0 Å². The zero-order chi connectivity index (χ0) is 21.5. The van der Waals surface area contributed by atoms with Crippen LogP contribution in [0.3, 0.4) is 0 Å². The molecular formula is C22H23ClN2O4S. The van der Waals surface area contributed by atoms with Crippen LogP contribution in [0.4, 0.5) is 0 Å². The maximum absolute atomic E-state index is 13.1. The molecule has 3 aromatic rings. The Morgan fingerprint density at radius 3 is 2.37 bits per heavy atom. The number of benzene rings is 2. The van der Waals surface area contributed by atoms with Gasteiger partial charge < -0.3 is 14.2 Å². The fraction of sp³-hybridized carbons (Fsp3) is 0.318. The zero-order valence-corrected chi connectivity index (χ0v) is 18.4. The molecule has 0 aliphatic carbocycles. The lowest BCUT2D eigenvalue weighted by atomic mass is 10.1. The first kappa shape index (κ1) is 20.8. The highest BCUT2D eigenvalue weighted by Gasteiger charge is 2.27. The van der Waals surface area contributed by atoms with E-state index >= 15 is 0 Å². The molecule has 0 bridgehead atoms. The largest absolute Gasteiger partial charge is 0.490 e. The van der Waals surface area contributed by atoms with Crippen molar-refractivity contribution < 1.29 is 17.9 Å². The molecule has 1 aliphatic heterocycles. The Balaban J connectivity index is 1.46. The molecule has 0 unspecified atom stereocenters. The first-order chi connectivity index (χ1) is 14.2. The Labute approximate surface area is 180 Å².